The second kappa shape index (κ2) is 9.71. The third-order valence-corrected chi connectivity index (χ3v) is 10.1. The summed E-state index contributed by atoms with van der Waals surface area (Å²) in [6.45, 7) is 7.28. The number of piperidine rings is 1. The van der Waals surface area contributed by atoms with Crippen LogP contribution in [0.5, 0.6) is 0 Å². The van der Waals surface area contributed by atoms with Crippen molar-refractivity contribution >= 4 is 5.97 Å². The van der Waals surface area contributed by atoms with Gasteiger partial charge in [-0.05, 0) is 73.6 Å². The van der Waals surface area contributed by atoms with Gasteiger partial charge in [-0.25, -0.2) is 0 Å². The molecule has 1 unspecified atom stereocenters. The van der Waals surface area contributed by atoms with Gasteiger partial charge in [-0.2, -0.15) is 0 Å². The molecule has 4 aliphatic rings. The molecule has 0 bridgehead atoms. The molecular weight excluding hydrogens is 458 g/mol. The first-order valence-electron chi connectivity index (χ1n) is 14.4. The van der Waals surface area contributed by atoms with E-state index in [1.54, 1.807) is 5.57 Å². The second-order valence-electron chi connectivity index (χ2n) is 12.4. The molecule has 2 aromatic rings. The fourth-order valence-corrected chi connectivity index (χ4v) is 8.09. The first kappa shape index (κ1) is 24.9. The molecule has 0 radical (unpaired) electrons. The van der Waals surface area contributed by atoms with Crippen LogP contribution in [-0.4, -0.2) is 41.7 Å². The van der Waals surface area contributed by atoms with E-state index in [4.69, 9.17) is 4.74 Å². The molecule has 2 heterocycles. The number of carbonyl (C=O) groups is 1. The SMILES string of the molecule is C[C@@H]1CCC[C@@]2(C)C[C@H]3OC(=O)C(CN4CCC(C(O)(c5ccccc5)c5ccccc5)CC4)[C@H]3C=C12. The van der Waals surface area contributed by atoms with E-state index in [2.05, 4.69) is 24.8 Å². The normalized spacial score (nSPS) is 32.8. The summed E-state index contributed by atoms with van der Waals surface area (Å²) >= 11 is 0. The third kappa shape index (κ3) is 4.36. The minimum atomic E-state index is -1.01. The number of carbonyl (C=O) groups excluding carboxylic acids is 1. The number of likely N-dealkylation sites (tertiary alicyclic amines) is 1. The summed E-state index contributed by atoms with van der Waals surface area (Å²) in [5.41, 5.74) is 2.69. The molecule has 4 heteroatoms. The minimum Gasteiger partial charge on any atom is -0.461 e. The Morgan fingerprint density at radius 2 is 1.62 bits per heavy atom. The summed E-state index contributed by atoms with van der Waals surface area (Å²) in [5.74, 6) is 0.862. The van der Waals surface area contributed by atoms with Crippen molar-refractivity contribution < 1.29 is 14.6 Å². The largest absolute Gasteiger partial charge is 0.461 e. The number of benzene rings is 2. The standard InChI is InChI=1S/C33H41NO3/c1-23-10-9-17-32(2)21-30-27(20-29(23)32)28(31(35)37-30)22-34-18-15-26(16-19-34)33(36,24-11-5-3-6-12-24)25-13-7-4-8-14-25/h3-8,11-14,20,23,26-28,30,36H,9-10,15-19,21-22H2,1-2H3/t23-,27-,28?,30-,32+/m1/s1. The lowest BCUT2D eigenvalue weighted by Gasteiger charge is -2.46. The first-order valence-corrected chi connectivity index (χ1v) is 14.4. The fraction of sp³-hybridized carbons (Fsp3) is 0.545. The van der Waals surface area contributed by atoms with Crippen LogP contribution >= 0.6 is 0 Å². The minimum absolute atomic E-state index is 0.00560. The van der Waals surface area contributed by atoms with Gasteiger partial charge in [0.25, 0.3) is 0 Å². The lowest BCUT2D eigenvalue weighted by molar-refractivity contribution is -0.145. The quantitative estimate of drug-likeness (QED) is 0.408. The summed E-state index contributed by atoms with van der Waals surface area (Å²) in [7, 11) is 0. The molecule has 4 nitrogen and oxygen atoms in total. The van der Waals surface area contributed by atoms with E-state index in [0.717, 1.165) is 50.0 Å². The highest BCUT2D eigenvalue weighted by Crippen LogP contribution is 2.54. The summed E-state index contributed by atoms with van der Waals surface area (Å²) < 4.78 is 6.01. The van der Waals surface area contributed by atoms with Gasteiger partial charge in [0.15, 0.2) is 0 Å². The molecule has 1 N–H and O–H groups in total. The predicted molar refractivity (Wildman–Crippen MR) is 146 cm³/mol. The van der Waals surface area contributed by atoms with Crippen LogP contribution in [-0.2, 0) is 15.1 Å². The highest BCUT2D eigenvalue weighted by Gasteiger charge is 2.52. The fourth-order valence-electron chi connectivity index (χ4n) is 8.09. The molecule has 2 aliphatic carbocycles. The van der Waals surface area contributed by atoms with E-state index in [-0.39, 0.29) is 35.2 Å². The van der Waals surface area contributed by atoms with E-state index >= 15 is 0 Å². The van der Waals surface area contributed by atoms with Crippen LogP contribution in [0.15, 0.2) is 72.3 Å². The van der Waals surface area contributed by atoms with Crippen molar-refractivity contribution in [1.82, 2.24) is 4.90 Å². The zero-order valence-corrected chi connectivity index (χ0v) is 22.3. The Hall–Kier alpha value is -2.43. The van der Waals surface area contributed by atoms with Crippen LogP contribution in [0.3, 0.4) is 0 Å². The summed E-state index contributed by atoms with van der Waals surface area (Å²) in [4.78, 5) is 15.5. The molecule has 2 saturated heterocycles. The van der Waals surface area contributed by atoms with Crippen molar-refractivity contribution in [2.45, 2.75) is 64.1 Å². The van der Waals surface area contributed by atoms with E-state index < -0.39 is 5.60 Å². The monoisotopic (exact) mass is 499 g/mol. The van der Waals surface area contributed by atoms with Crippen molar-refractivity contribution in [1.29, 1.82) is 0 Å². The van der Waals surface area contributed by atoms with E-state index in [1.165, 1.54) is 19.3 Å². The summed E-state index contributed by atoms with van der Waals surface area (Å²) in [6.07, 6.45) is 9.03. The Kier molecular flexibility index (Phi) is 6.53. The Morgan fingerprint density at radius 3 is 2.24 bits per heavy atom. The van der Waals surface area contributed by atoms with Gasteiger partial charge in [-0.3, -0.25) is 4.79 Å². The summed E-state index contributed by atoms with van der Waals surface area (Å²) in [5, 5.41) is 12.2. The van der Waals surface area contributed by atoms with Gasteiger partial charge in [0.05, 0.1) is 5.92 Å². The smallest absolute Gasteiger partial charge is 0.311 e. The number of nitrogens with zero attached hydrogens (tertiary/aromatic N) is 1. The molecule has 3 fully saturated rings. The Bertz CT molecular complexity index is 1100. The Balaban J connectivity index is 1.18. The molecule has 1 saturated carbocycles. The number of hydrogen-bond donors (Lipinski definition) is 1. The second-order valence-corrected chi connectivity index (χ2v) is 12.4. The molecule has 2 aromatic carbocycles. The zero-order chi connectivity index (χ0) is 25.6. The van der Waals surface area contributed by atoms with Gasteiger partial charge in [-0.1, -0.05) is 92.6 Å². The number of rotatable bonds is 5. The third-order valence-electron chi connectivity index (χ3n) is 10.1. The molecule has 0 spiro atoms. The average molecular weight is 500 g/mol. The van der Waals surface area contributed by atoms with Gasteiger partial charge in [0.2, 0.25) is 0 Å². The number of esters is 1. The number of ether oxygens (including phenoxy) is 1. The Labute approximate surface area is 221 Å². The van der Waals surface area contributed by atoms with Crippen LogP contribution in [0.25, 0.3) is 0 Å². The van der Waals surface area contributed by atoms with E-state index in [0.29, 0.717) is 5.92 Å². The lowest BCUT2D eigenvalue weighted by Crippen LogP contribution is -2.46. The number of allylic oxidation sites excluding steroid dienone is 1. The van der Waals surface area contributed by atoms with Crippen LogP contribution in [0.1, 0.15) is 63.5 Å². The van der Waals surface area contributed by atoms with Crippen molar-refractivity contribution in [3.63, 3.8) is 0 Å². The first-order chi connectivity index (χ1) is 17.9. The highest BCUT2D eigenvalue weighted by atomic mass is 16.6. The molecule has 37 heavy (non-hydrogen) atoms. The van der Waals surface area contributed by atoms with Crippen molar-refractivity contribution in [2.24, 2.45) is 29.1 Å². The van der Waals surface area contributed by atoms with Crippen LogP contribution in [0, 0.1) is 29.1 Å². The van der Waals surface area contributed by atoms with Gasteiger partial charge >= 0.3 is 5.97 Å². The molecule has 0 aromatic heterocycles. The number of fused-ring (bicyclic) bond motifs is 2. The maximum absolute atomic E-state index is 13.1. The topological polar surface area (TPSA) is 49.8 Å². The maximum Gasteiger partial charge on any atom is 0.311 e. The molecule has 5 atom stereocenters. The number of hydrogen-bond acceptors (Lipinski definition) is 4. The Morgan fingerprint density at radius 1 is 1.00 bits per heavy atom. The molecule has 2 aliphatic heterocycles. The molecule has 196 valence electrons. The van der Waals surface area contributed by atoms with Gasteiger partial charge in [0.1, 0.15) is 11.7 Å². The van der Waals surface area contributed by atoms with E-state index in [9.17, 15) is 9.90 Å². The lowest BCUT2D eigenvalue weighted by atomic mass is 9.59. The van der Waals surface area contributed by atoms with Crippen molar-refractivity contribution in [3.05, 3.63) is 83.4 Å². The number of aliphatic hydroxyl groups is 1. The van der Waals surface area contributed by atoms with E-state index in [1.807, 2.05) is 60.7 Å². The maximum atomic E-state index is 13.1. The molecular formula is C33H41NO3. The zero-order valence-electron chi connectivity index (χ0n) is 22.3. The average Bonchev–Trinajstić information content (AvgIpc) is 3.21. The van der Waals surface area contributed by atoms with Gasteiger partial charge in [0, 0.05) is 12.5 Å². The highest BCUT2D eigenvalue weighted by molar-refractivity contribution is 5.76. The van der Waals surface area contributed by atoms with Crippen LogP contribution in [0.2, 0.25) is 0 Å². The summed E-state index contributed by atoms with van der Waals surface area (Å²) in [6, 6.07) is 20.2. The molecule has 0 amide bonds. The molecule has 6 rings (SSSR count). The van der Waals surface area contributed by atoms with Crippen molar-refractivity contribution in [3.8, 4) is 0 Å². The van der Waals surface area contributed by atoms with Gasteiger partial charge in [-0.15, -0.1) is 0 Å². The van der Waals surface area contributed by atoms with Crippen LogP contribution in [0.4, 0.5) is 0 Å². The van der Waals surface area contributed by atoms with Crippen molar-refractivity contribution in [2.75, 3.05) is 19.6 Å². The van der Waals surface area contributed by atoms with Crippen LogP contribution < -0.4 is 0 Å². The van der Waals surface area contributed by atoms with Gasteiger partial charge < -0.3 is 14.7 Å². The predicted octanol–water partition coefficient (Wildman–Crippen LogP) is 5.95.